The molecule has 2 unspecified atom stereocenters. The minimum Gasteiger partial charge on any atom is -0.489 e. The fourth-order valence-electron chi connectivity index (χ4n) is 2.74. The van der Waals surface area contributed by atoms with Crippen molar-refractivity contribution in [1.82, 2.24) is 0 Å². The molecule has 1 aliphatic carbocycles. The highest BCUT2D eigenvalue weighted by Crippen LogP contribution is 2.53. The SMILES string of the molecule is CCC1(CC)C(Br)CC1Oc1ccc(Cl)cc1Br. The Hall–Kier alpha value is 0.270. The Kier molecular flexibility index (Phi) is 4.66. The van der Waals surface area contributed by atoms with E-state index in [4.69, 9.17) is 16.3 Å². The van der Waals surface area contributed by atoms with E-state index < -0.39 is 0 Å². The lowest BCUT2D eigenvalue weighted by atomic mass is 9.62. The van der Waals surface area contributed by atoms with Crippen LogP contribution in [-0.4, -0.2) is 10.9 Å². The van der Waals surface area contributed by atoms with Crippen LogP contribution in [0.1, 0.15) is 33.1 Å². The maximum Gasteiger partial charge on any atom is 0.134 e. The van der Waals surface area contributed by atoms with Crippen molar-refractivity contribution in [2.24, 2.45) is 5.41 Å². The fourth-order valence-corrected chi connectivity index (χ4v) is 4.79. The first-order chi connectivity index (χ1) is 8.53. The molecule has 1 aromatic carbocycles. The minimum absolute atomic E-state index is 0.263. The molecule has 1 saturated carbocycles. The zero-order valence-electron chi connectivity index (χ0n) is 10.6. The summed E-state index contributed by atoms with van der Waals surface area (Å²) in [6, 6.07) is 5.68. The lowest BCUT2D eigenvalue weighted by molar-refractivity contribution is -0.0415. The van der Waals surface area contributed by atoms with E-state index in [2.05, 4.69) is 45.7 Å². The molecule has 1 aliphatic rings. The molecule has 0 aromatic heterocycles. The summed E-state index contributed by atoms with van der Waals surface area (Å²) in [5.41, 5.74) is 0.263. The average molecular weight is 397 g/mol. The van der Waals surface area contributed by atoms with Gasteiger partial charge in [0.25, 0.3) is 0 Å². The van der Waals surface area contributed by atoms with Crippen molar-refractivity contribution in [2.45, 2.75) is 44.0 Å². The Labute approximate surface area is 130 Å². The van der Waals surface area contributed by atoms with Gasteiger partial charge in [-0.25, -0.2) is 0 Å². The third-order valence-electron chi connectivity index (χ3n) is 4.17. The van der Waals surface area contributed by atoms with E-state index in [1.807, 2.05) is 18.2 Å². The van der Waals surface area contributed by atoms with Gasteiger partial charge in [-0.1, -0.05) is 41.4 Å². The predicted octanol–water partition coefficient (Wildman–Crippen LogP) is 5.82. The summed E-state index contributed by atoms with van der Waals surface area (Å²) in [7, 11) is 0. The molecular formula is C14H17Br2ClO. The van der Waals surface area contributed by atoms with E-state index in [9.17, 15) is 0 Å². The Balaban J connectivity index is 2.15. The van der Waals surface area contributed by atoms with Crippen molar-refractivity contribution in [2.75, 3.05) is 0 Å². The highest BCUT2D eigenvalue weighted by Gasteiger charge is 2.53. The molecule has 4 heteroatoms. The first-order valence-electron chi connectivity index (χ1n) is 6.29. The summed E-state index contributed by atoms with van der Waals surface area (Å²) in [5, 5.41) is 0.721. The van der Waals surface area contributed by atoms with Crippen LogP contribution >= 0.6 is 43.5 Å². The van der Waals surface area contributed by atoms with E-state index in [1.165, 1.54) is 0 Å². The molecule has 100 valence electrons. The molecule has 0 bridgehead atoms. The molecule has 0 heterocycles. The van der Waals surface area contributed by atoms with Crippen molar-refractivity contribution in [3.05, 3.63) is 27.7 Å². The van der Waals surface area contributed by atoms with Gasteiger partial charge in [-0.3, -0.25) is 0 Å². The van der Waals surface area contributed by atoms with Crippen LogP contribution in [0.15, 0.2) is 22.7 Å². The Morgan fingerprint density at radius 2 is 2.06 bits per heavy atom. The van der Waals surface area contributed by atoms with Gasteiger partial charge in [-0.05, 0) is 53.4 Å². The van der Waals surface area contributed by atoms with Crippen molar-refractivity contribution in [1.29, 1.82) is 0 Å². The Morgan fingerprint density at radius 3 is 2.56 bits per heavy atom. The fraction of sp³-hybridized carbons (Fsp3) is 0.571. The number of rotatable bonds is 4. The standard InChI is InChI=1S/C14H17Br2ClO/c1-3-14(4-2)12(16)8-13(14)18-11-6-5-9(17)7-10(11)15/h5-7,12-13H,3-4,8H2,1-2H3. The molecular weight excluding hydrogens is 379 g/mol. The zero-order valence-corrected chi connectivity index (χ0v) is 14.5. The molecule has 1 nitrogen and oxygen atoms in total. The zero-order chi connectivity index (χ0) is 13.3. The lowest BCUT2D eigenvalue weighted by Gasteiger charge is -2.52. The topological polar surface area (TPSA) is 9.23 Å². The van der Waals surface area contributed by atoms with E-state index in [1.54, 1.807) is 0 Å². The highest BCUT2D eigenvalue weighted by molar-refractivity contribution is 9.10. The van der Waals surface area contributed by atoms with Gasteiger partial charge in [-0.15, -0.1) is 0 Å². The molecule has 1 aromatic rings. The van der Waals surface area contributed by atoms with Crippen molar-refractivity contribution in [3.8, 4) is 5.75 Å². The van der Waals surface area contributed by atoms with Crippen LogP contribution in [0.4, 0.5) is 0 Å². The van der Waals surface area contributed by atoms with Gasteiger partial charge in [-0.2, -0.15) is 0 Å². The van der Waals surface area contributed by atoms with Gasteiger partial charge in [0, 0.05) is 15.3 Å². The number of hydrogen-bond acceptors (Lipinski definition) is 1. The quantitative estimate of drug-likeness (QED) is 0.583. The monoisotopic (exact) mass is 394 g/mol. The molecule has 0 aliphatic heterocycles. The van der Waals surface area contributed by atoms with Crippen LogP contribution in [-0.2, 0) is 0 Å². The van der Waals surface area contributed by atoms with E-state index in [0.29, 0.717) is 4.83 Å². The van der Waals surface area contributed by atoms with Gasteiger partial charge < -0.3 is 4.74 Å². The number of benzene rings is 1. The van der Waals surface area contributed by atoms with Gasteiger partial charge in [0.2, 0.25) is 0 Å². The van der Waals surface area contributed by atoms with Crippen LogP contribution in [0.25, 0.3) is 0 Å². The van der Waals surface area contributed by atoms with Gasteiger partial charge >= 0.3 is 0 Å². The second kappa shape index (κ2) is 5.72. The molecule has 0 N–H and O–H groups in total. The number of alkyl halides is 1. The van der Waals surface area contributed by atoms with Crippen molar-refractivity contribution < 1.29 is 4.74 Å². The van der Waals surface area contributed by atoms with Crippen LogP contribution in [0.2, 0.25) is 5.02 Å². The largest absolute Gasteiger partial charge is 0.489 e. The van der Waals surface area contributed by atoms with E-state index in [0.717, 1.165) is 34.5 Å². The molecule has 2 atom stereocenters. The van der Waals surface area contributed by atoms with Gasteiger partial charge in [0.05, 0.1) is 4.47 Å². The summed E-state index contributed by atoms with van der Waals surface area (Å²) in [6.45, 7) is 4.48. The van der Waals surface area contributed by atoms with Gasteiger partial charge in [0.1, 0.15) is 11.9 Å². The maximum absolute atomic E-state index is 6.17. The van der Waals surface area contributed by atoms with Crippen molar-refractivity contribution in [3.63, 3.8) is 0 Å². The summed E-state index contributed by atoms with van der Waals surface area (Å²) in [4.78, 5) is 0.566. The van der Waals surface area contributed by atoms with Crippen LogP contribution in [0.3, 0.4) is 0 Å². The summed E-state index contributed by atoms with van der Waals surface area (Å²) < 4.78 is 7.09. The third kappa shape index (κ3) is 2.46. The predicted molar refractivity (Wildman–Crippen MR) is 83.9 cm³/mol. The molecule has 0 amide bonds. The van der Waals surface area contributed by atoms with Crippen LogP contribution in [0.5, 0.6) is 5.75 Å². The first-order valence-corrected chi connectivity index (χ1v) is 8.38. The van der Waals surface area contributed by atoms with Crippen LogP contribution in [0, 0.1) is 5.41 Å². The first kappa shape index (κ1) is 14.7. The Morgan fingerprint density at radius 1 is 1.39 bits per heavy atom. The van der Waals surface area contributed by atoms with E-state index >= 15 is 0 Å². The Bertz CT molecular complexity index is 432. The third-order valence-corrected chi connectivity index (χ3v) is 6.31. The molecule has 18 heavy (non-hydrogen) atoms. The van der Waals surface area contributed by atoms with Crippen molar-refractivity contribution >= 4 is 43.5 Å². The van der Waals surface area contributed by atoms with Crippen LogP contribution < -0.4 is 4.74 Å². The smallest absolute Gasteiger partial charge is 0.134 e. The molecule has 0 saturated heterocycles. The normalized spacial score (nSPS) is 25.6. The number of ether oxygens (including phenoxy) is 1. The van der Waals surface area contributed by atoms with E-state index in [-0.39, 0.29) is 11.5 Å². The highest BCUT2D eigenvalue weighted by atomic mass is 79.9. The summed E-state index contributed by atoms with van der Waals surface area (Å²) in [6.07, 6.45) is 3.62. The molecule has 1 fully saturated rings. The molecule has 0 radical (unpaired) electrons. The summed E-state index contributed by atoms with van der Waals surface area (Å²) in [5.74, 6) is 0.884. The molecule has 2 rings (SSSR count). The second-order valence-electron chi connectivity index (χ2n) is 4.82. The number of hydrogen-bond donors (Lipinski definition) is 0. The minimum atomic E-state index is 0.263. The van der Waals surface area contributed by atoms with Gasteiger partial charge in [0.15, 0.2) is 0 Å². The molecule has 0 spiro atoms. The number of halogens is 3. The second-order valence-corrected chi connectivity index (χ2v) is 7.22. The lowest BCUT2D eigenvalue weighted by Crippen LogP contribution is -2.56. The summed E-state index contributed by atoms with van der Waals surface area (Å²) >= 11 is 13.2. The average Bonchev–Trinajstić information content (AvgIpc) is 2.33. The maximum atomic E-state index is 6.17.